The molecule has 0 bridgehead atoms. The van der Waals surface area contributed by atoms with Crippen LogP contribution in [0.3, 0.4) is 0 Å². The van der Waals surface area contributed by atoms with Crippen molar-refractivity contribution in [1.29, 1.82) is 0 Å². The zero-order valence-electron chi connectivity index (χ0n) is 19.6. The summed E-state index contributed by atoms with van der Waals surface area (Å²) in [6.07, 6.45) is -0.969. The number of hydrogen-bond donors (Lipinski definition) is 1. The Kier molecular flexibility index (Phi) is 7.70. The number of carbonyl (C=O) groups is 1. The van der Waals surface area contributed by atoms with Crippen molar-refractivity contribution in [2.75, 3.05) is 38.7 Å². The Labute approximate surface area is 205 Å². The molecule has 1 amide bonds. The Morgan fingerprint density at radius 2 is 1.69 bits per heavy atom. The maximum absolute atomic E-state index is 13.3. The fourth-order valence-corrected chi connectivity index (χ4v) is 5.19. The van der Waals surface area contributed by atoms with Gasteiger partial charge in [0.2, 0.25) is 16.1 Å². The highest BCUT2D eigenvalue weighted by molar-refractivity contribution is 7.89. The first-order valence-corrected chi connectivity index (χ1v) is 12.7. The molecule has 9 heteroatoms. The van der Waals surface area contributed by atoms with E-state index < -0.39 is 16.1 Å². The molecule has 4 rings (SSSR count). The average molecular weight is 497 g/mol. The van der Waals surface area contributed by atoms with E-state index in [2.05, 4.69) is 5.32 Å². The molecule has 1 atom stereocenters. The summed E-state index contributed by atoms with van der Waals surface area (Å²) in [7, 11) is -2.08. The molecule has 35 heavy (non-hydrogen) atoms. The maximum atomic E-state index is 13.3. The van der Waals surface area contributed by atoms with Gasteiger partial charge in [-0.1, -0.05) is 36.4 Å². The molecule has 1 fully saturated rings. The van der Waals surface area contributed by atoms with Crippen molar-refractivity contribution in [3.05, 3.63) is 83.9 Å². The highest BCUT2D eigenvalue weighted by Gasteiger charge is 2.27. The van der Waals surface area contributed by atoms with Gasteiger partial charge in [0.1, 0.15) is 11.5 Å². The molecule has 1 heterocycles. The van der Waals surface area contributed by atoms with E-state index in [1.807, 2.05) is 37.3 Å². The molecule has 1 N–H and O–H groups in total. The number of morpholine rings is 1. The van der Waals surface area contributed by atoms with E-state index in [1.54, 1.807) is 30.3 Å². The molecular weight excluding hydrogens is 468 g/mol. The lowest BCUT2D eigenvalue weighted by Crippen LogP contribution is -2.40. The molecule has 0 aliphatic carbocycles. The summed E-state index contributed by atoms with van der Waals surface area (Å²) >= 11 is 0. The SMILES string of the molecule is COc1ccc(C)cc1NC(=O)C(Oc1ccc(S(=O)(=O)N2CCOCC2)cc1)c1ccccc1. The molecule has 1 saturated heterocycles. The fourth-order valence-electron chi connectivity index (χ4n) is 3.78. The van der Waals surface area contributed by atoms with Gasteiger partial charge in [-0.15, -0.1) is 0 Å². The van der Waals surface area contributed by atoms with Gasteiger partial charge in [-0.25, -0.2) is 8.42 Å². The van der Waals surface area contributed by atoms with Crippen LogP contribution in [0.1, 0.15) is 17.2 Å². The number of rotatable bonds is 8. The number of hydrogen-bond acceptors (Lipinski definition) is 6. The number of amides is 1. The van der Waals surface area contributed by atoms with Crippen molar-refractivity contribution >= 4 is 21.6 Å². The second-order valence-electron chi connectivity index (χ2n) is 8.09. The first-order chi connectivity index (χ1) is 16.9. The second kappa shape index (κ2) is 10.9. The number of ether oxygens (including phenoxy) is 3. The number of aryl methyl sites for hydroxylation is 1. The molecule has 0 aromatic heterocycles. The molecule has 0 radical (unpaired) electrons. The first kappa shape index (κ1) is 24.7. The summed E-state index contributed by atoms with van der Waals surface area (Å²) in [5.74, 6) is 0.518. The van der Waals surface area contributed by atoms with E-state index in [9.17, 15) is 13.2 Å². The summed E-state index contributed by atoms with van der Waals surface area (Å²) in [5, 5.41) is 2.90. The topological polar surface area (TPSA) is 94.2 Å². The van der Waals surface area contributed by atoms with E-state index >= 15 is 0 Å². The van der Waals surface area contributed by atoms with Gasteiger partial charge in [-0.3, -0.25) is 4.79 Å². The summed E-state index contributed by atoms with van der Waals surface area (Å²) in [5.41, 5.74) is 2.16. The minimum absolute atomic E-state index is 0.164. The minimum Gasteiger partial charge on any atom is -0.495 e. The van der Waals surface area contributed by atoms with Gasteiger partial charge in [-0.05, 0) is 48.9 Å². The molecule has 184 valence electrons. The predicted molar refractivity (Wildman–Crippen MR) is 132 cm³/mol. The Bertz CT molecular complexity index is 1260. The minimum atomic E-state index is -3.62. The van der Waals surface area contributed by atoms with Crippen molar-refractivity contribution in [2.45, 2.75) is 17.9 Å². The molecule has 0 spiro atoms. The first-order valence-electron chi connectivity index (χ1n) is 11.2. The fraction of sp³-hybridized carbons (Fsp3) is 0.269. The van der Waals surface area contributed by atoms with Gasteiger partial charge in [0.05, 0.1) is 30.9 Å². The monoisotopic (exact) mass is 496 g/mol. The number of carbonyl (C=O) groups excluding carboxylic acids is 1. The number of nitrogens with zero attached hydrogens (tertiary/aromatic N) is 1. The number of methoxy groups -OCH3 is 1. The highest BCUT2D eigenvalue weighted by Crippen LogP contribution is 2.29. The van der Waals surface area contributed by atoms with Crippen LogP contribution < -0.4 is 14.8 Å². The largest absolute Gasteiger partial charge is 0.495 e. The lowest BCUT2D eigenvalue weighted by atomic mass is 10.1. The van der Waals surface area contributed by atoms with Gasteiger partial charge in [-0.2, -0.15) is 4.31 Å². The Hall–Kier alpha value is -3.40. The zero-order chi connectivity index (χ0) is 24.8. The smallest absolute Gasteiger partial charge is 0.270 e. The Morgan fingerprint density at radius 3 is 2.34 bits per heavy atom. The molecule has 1 aliphatic heterocycles. The third-order valence-electron chi connectivity index (χ3n) is 5.64. The standard InChI is InChI=1S/C26H28N2O6S/c1-19-8-13-24(32-2)23(18-19)27-26(29)25(20-6-4-3-5-7-20)34-21-9-11-22(12-10-21)35(30,31)28-14-16-33-17-15-28/h3-13,18,25H,14-17H2,1-2H3,(H,27,29). The van der Waals surface area contributed by atoms with Crippen LogP contribution in [0.25, 0.3) is 0 Å². The van der Waals surface area contributed by atoms with Crippen LogP contribution in [0.2, 0.25) is 0 Å². The van der Waals surface area contributed by atoms with E-state index in [1.165, 1.54) is 23.5 Å². The van der Waals surface area contributed by atoms with Gasteiger partial charge in [0.15, 0.2) is 0 Å². The van der Waals surface area contributed by atoms with Crippen molar-refractivity contribution < 1.29 is 27.4 Å². The van der Waals surface area contributed by atoms with Crippen molar-refractivity contribution in [2.24, 2.45) is 0 Å². The van der Waals surface area contributed by atoms with E-state index in [4.69, 9.17) is 14.2 Å². The lowest BCUT2D eigenvalue weighted by Gasteiger charge is -2.26. The molecule has 8 nitrogen and oxygen atoms in total. The van der Waals surface area contributed by atoms with E-state index in [0.29, 0.717) is 49.1 Å². The predicted octanol–water partition coefficient (Wildman–Crippen LogP) is 3.78. The number of benzene rings is 3. The Morgan fingerprint density at radius 1 is 1.00 bits per heavy atom. The lowest BCUT2D eigenvalue weighted by molar-refractivity contribution is -0.123. The summed E-state index contributed by atoms with van der Waals surface area (Å²) < 4.78 is 43.9. The van der Waals surface area contributed by atoms with Crippen LogP contribution in [0.4, 0.5) is 5.69 Å². The molecule has 1 unspecified atom stereocenters. The normalized spacial score (nSPS) is 15.3. The van der Waals surface area contributed by atoms with Crippen LogP contribution in [0, 0.1) is 6.92 Å². The maximum Gasteiger partial charge on any atom is 0.270 e. The quantitative estimate of drug-likeness (QED) is 0.510. The number of nitrogens with one attached hydrogen (secondary N) is 1. The van der Waals surface area contributed by atoms with Crippen LogP contribution in [-0.4, -0.2) is 52.0 Å². The molecule has 1 aliphatic rings. The molecule has 3 aromatic carbocycles. The summed E-state index contributed by atoms with van der Waals surface area (Å²) in [6.45, 7) is 3.31. The number of anilines is 1. The number of sulfonamides is 1. The van der Waals surface area contributed by atoms with Gasteiger partial charge < -0.3 is 19.5 Å². The highest BCUT2D eigenvalue weighted by atomic mass is 32.2. The van der Waals surface area contributed by atoms with Gasteiger partial charge in [0, 0.05) is 18.7 Å². The van der Waals surface area contributed by atoms with Gasteiger partial charge in [0.25, 0.3) is 5.91 Å². The van der Waals surface area contributed by atoms with E-state index in [-0.39, 0.29) is 10.8 Å². The van der Waals surface area contributed by atoms with Crippen LogP contribution in [0.5, 0.6) is 11.5 Å². The molecule has 0 saturated carbocycles. The summed E-state index contributed by atoms with van der Waals surface area (Å²) in [4.78, 5) is 13.5. The molecular formula is C26H28N2O6S. The van der Waals surface area contributed by atoms with Gasteiger partial charge >= 0.3 is 0 Å². The summed E-state index contributed by atoms with van der Waals surface area (Å²) in [6, 6.07) is 20.7. The third kappa shape index (κ3) is 5.82. The van der Waals surface area contributed by atoms with Crippen molar-refractivity contribution in [3.8, 4) is 11.5 Å². The Balaban J connectivity index is 1.57. The molecule has 3 aromatic rings. The third-order valence-corrected chi connectivity index (χ3v) is 7.55. The zero-order valence-corrected chi connectivity index (χ0v) is 20.5. The van der Waals surface area contributed by atoms with Crippen molar-refractivity contribution in [3.63, 3.8) is 0 Å². The van der Waals surface area contributed by atoms with Crippen LogP contribution >= 0.6 is 0 Å². The van der Waals surface area contributed by atoms with Crippen LogP contribution in [-0.2, 0) is 19.6 Å². The second-order valence-corrected chi connectivity index (χ2v) is 10.0. The van der Waals surface area contributed by atoms with E-state index in [0.717, 1.165) is 5.56 Å². The van der Waals surface area contributed by atoms with Crippen LogP contribution in [0.15, 0.2) is 77.7 Å². The average Bonchev–Trinajstić information content (AvgIpc) is 2.88. The van der Waals surface area contributed by atoms with Crippen molar-refractivity contribution in [1.82, 2.24) is 4.31 Å².